The lowest BCUT2D eigenvalue weighted by Crippen LogP contribution is -2.21. The van der Waals surface area contributed by atoms with Crippen LogP contribution >= 0.6 is 0 Å². The fraction of sp³-hybridized carbons (Fsp3) is 0.385. The Kier molecular flexibility index (Phi) is 4.78. The molecule has 1 atom stereocenters. The molecule has 1 unspecified atom stereocenters. The first-order valence-corrected chi connectivity index (χ1v) is 7.88. The molecule has 0 aromatic heterocycles. The van der Waals surface area contributed by atoms with E-state index in [4.69, 9.17) is 9.88 Å². The fourth-order valence-corrected chi connectivity index (χ4v) is 2.70. The number of primary sulfonamides is 1. The van der Waals surface area contributed by atoms with E-state index in [1.807, 2.05) is 6.08 Å². The monoisotopic (exact) mass is 337 g/mol. The van der Waals surface area contributed by atoms with Crippen LogP contribution in [0.3, 0.4) is 0 Å². The molecule has 1 aliphatic heterocycles. The van der Waals surface area contributed by atoms with Gasteiger partial charge < -0.3 is 9.47 Å². The number of nitrogens with two attached hydrogens (primary N) is 1. The van der Waals surface area contributed by atoms with Crippen LogP contribution in [0, 0.1) is 5.92 Å². The molecule has 1 saturated heterocycles. The Hall–Kier alpha value is -1.58. The van der Waals surface area contributed by atoms with Crippen LogP contribution in [0.1, 0.15) is 12.0 Å². The Morgan fingerprint density at radius 3 is 2.64 bits per heavy atom. The molecule has 2 N–H and O–H groups in total. The molecule has 0 spiro atoms. The van der Waals surface area contributed by atoms with Crippen LogP contribution < -0.4 is 9.88 Å². The number of rotatable bonds is 4. The largest absolute Gasteiger partial charge is 0.573 e. The van der Waals surface area contributed by atoms with Crippen molar-refractivity contribution >= 4 is 16.1 Å². The Balaban J connectivity index is 2.31. The lowest BCUT2D eigenvalue weighted by molar-refractivity contribution is -0.275. The van der Waals surface area contributed by atoms with E-state index in [2.05, 4.69) is 4.74 Å². The molecule has 2 rings (SSSR count). The van der Waals surface area contributed by atoms with Crippen molar-refractivity contribution in [3.8, 4) is 5.75 Å². The molecular weight excluding hydrogens is 323 g/mol. The van der Waals surface area contributed by atoms with Crippen LogP contribution in [0.25, 0.3) is 6.08 Å². The summed E-state index contributed by atoms with van der Waals surface area (Å²) in [5.74, 6) is -0.652. The van der Waals surface area contributed by atoms with Gasteiger partial charge in [-0.1, -0.05) is 18.2 Å². The quantitative estimate of drug-likeness (QED) is 0.914. The molecule has 1 fully saturated rings. The van der Waals surface area contributed by atoms with Gasteiger partial charge in [-0.05, 0) is 24.1 Å². The molecule has 1 aromatic rings. The van der Waals surface area contributed by atoms with E-state index >= 15 is 0 Å². The Morgan fingerprint density at radius 2 is 2.09 bits per heavy atom. The number of benzene rings is 1. The van der Waals surface area contributed by atoms with Crippen molar-refractivity contribution in [3.05, 3.63) is 29.8 Å². The van der Waals surface area contributed by atoms with E-state index < -0.39 is 27.0 Å². The minimum absolute atomic E-state index is 0.198. The maximum absolute atomic E-state index is 12.3. The highest BCUT2D eigenvalue weighted by Crippen LogP contribution is 2.30. The van der Waals surface area contributed by atoms with Crippen molar-refractivity contribution in [2.75, 3.05) is 13.2 Å². The maximum Gasteiger partial charge on any atom is 0.573 e. The highest BCUT2D eigenvalue weighted by Gasteiger charge is 2.33. The molecule has 0 saturated carbocycles. The summed E-state index contributed by atoms with van der Waals surface area (Å²) in [6, 6.07) is 3.29. The molecule has 1 aliphatic rings. The summed E-state index contributed by atoms with van der Waals surface area (Å²) in [5, 5.41) is 4.94. The van der Waals surface area contributed by atoms with E-state index in [1.165, 1.54) is 6.07 Å². The molecule has 22 heavy (non-hydrogen) atoms. The number of hydrogen-bond donors (Lipinski definition) is 1. The average molecular weight is 337 g/mol. The summed E-state index contributed by atoms with van der Waals surface area (Å²) in [6.07, 6.45) is -0.725. The van der Waals surface area contributed by atoms with Gasteiger partial charge in [-0.25, -0.2) is 13.6 Å². The first kappa shape index (κ1) is 16.8. The SMILES string of the molecule is NS(=O)(=O)c1cc(/C=C/C2CCOC2)ccc1OC(F)(F)F. The highest BCUT2D eigenvalue weighted by atomic mass is 32.2. The third-order valence-corrected chi connectivity index (χ3v) is 3.96. The van der Waals surface area contributed by atoms with Gasteiger partial charge in [-0.3, -0.25) is 0 Å². The zero-order valence-electron chi connectivity index (χ0n) is 11.3. The molecule has 0 amide bonds. The van der Waals surface area contributed by atoms with E-state index in [-0.39, 0.29) is 5.92 Å². The predicted molar refractivity (Wildman–Crippen MR) is 72.5 cm³/mol. The summed E-state index contributed by atoms with van der Waals surface area (Å²) in [6.45, 7) is 1.21. The van der Waals surface area contributed by atoms with E-state index in [0.717, 1.165) is 18.6 Å². The number of halogens is 3. The van der Waals surface area contributed by atoms with Crippen molar-refractivity contribution in [2.24, 2.45) is 11.1 Å². The fourth-order valence-electron chi connectivity index (χ4n) is 2.01. The Labute approximate surface area is 125 Å². The van der Waals surface area contributed by atoms with Gasteiger partial charge in [0.1, 0.15) is 10.6 Å². The van der Waals surface area contributed by atoms with Crippen LogP contribution in [0.15, 0.2) is 29.2 Å². The van der Waals surface area contributed by atoms with Gasteiger partial charge in [0.05, 0.1) is 6.61 Å². The molecule has 0 aliphatic carbocycles. The lowest BCUT2D eigenvalue weighted by atomic mass is 10.1. The van der Waals surface area contributed by atoms with E-state index in [1.54, 1.807) is 6.08 Å². The molecule has 0 bridgehead atoms. The summed E-state index contributed by atoms with van der Waals surface area (Å²) >= 11 is 0. The standard InChI is InChI=1S/C13H14F3NO4S/c14-13(15,16)21-11-4-3-9(7-12(11)22(17,18)19)1-2-10-5-6-20-8-10/h1-4,7,10H,5-6,8H2,(H2,17,18,19)/b2-1+. The topological polar surface area (TPSA) is 78.6 Å². The zero-order valence-corrected chi connectivity index (χ0v) is 12.2. The smallest absolute Gasteiger partial charge is 0.404 e. The third-order valence-electron chi connectivity index (χ3n) is 3.03. The first-order valence-electron chi connectivity index (χ1n) is 6.34. The lowest BCUT2D eigenvalue weighted by Gasteiger charge is -2.12. The third kappa shape index (κ3) is 4.72. The molecule has 0 radical (unpaired) electrons. The Morgan fingerprint density at radius 1 is 1.36 bits per heavy atom. The van der Waals surface area contributed by atoms with Gasteiger partial charge in [-0.15, -0.1) is 13.2 Å². The first-order chi connectivity index (χ1) is 10.1. The summed E-state index contributed by atoms with van der Waals surface area (Å²) in [5.41, 5.74) is 0.408. The average Bonchev–Trinajstić information content (AvgIpc) is 2.87. The van der Waals surface area contributed by atoms with Crippen molar-refractivity contribution in [1.82, 2.24) is 0 Å². The van der Waals surface area contributed by atoms with E-state index in [9.17, 15) is 21.6 Å². The number of alkyl halides is 3. The number of sulfonamides is 1. The van der Waals surface area contributed by atoms with Gasteiger partial charge in [0, 0.05) is 12.5 Å². The van der Waals surface area contributed by atoms with Crippen LogP contribution in [-0.2, 0) is 14.8 Å². The van der Waals surface area contributed by atoms with Gasteiger partial charge in [0.2, 0.25) is 10.0 Å². The minimum atomic E-state index is -5.00. The highest BCUT2D eigenvalue weighted by molar-refractivity contribution is 7.89. The van der Waals surface area contributed by atoms with Crippen molar-refractivity contribution in [1.29, 1.82) is 0 Å². The van der Waals surface area contributed by atoms with E-state index in [0.29, 0.717) is 18.8 Å². The van der Waals surface area contributed by atoms with Gasteiger partial charge in [0.25, 0.3) is 0 Å². The van der Waals surface area contributed by atoms with Gasteiger partial charge in [-0.2, -0.15) is 0 Å². The van der Waals surface area contributed by atoms with Gasteiger partial charge in [0.15, 0.2) is 0 Å². The molecule has 122 valence electrons. The minimum Gasteiger partial charge on any atom is -0.404 e. The predicted octanol–water partition coefficient (Wildman–Crippen LogP) is 2.28. The number of ether oxygens (including phenoxy) is 2. The molecule has 1 aromatic carbocycles. The molecule has 5 nitrogen and oxygen atoms in total. The second-order valence-electron chi connectivity index (χ2n) is 4.78. The molecule has 1 heterocycles. The Bertz CT molecular complexity index is 664. The van der Waals surface area contributed by atoms with Crippen LogP contribution in [0.5, 0.6) is 5.75 Å². The van der Waals surface area contributed by atoms with Crippen LogP contribution in [0.2, 0.25) is 0 Å². The van der Waals surface area contributed by atoms with Gasteiger partial charge >= 0.3 is 6.36 Å². The van der Waals surface area contributed by atoms with Crippen LogP contribution in [-0.4, -0.2) is 28.0 Å². The van der Waals surface area contributed by atoms with Crippen LogP contribution in [0.4, 0.5) is 13.2 Å². The summed E-state index contributed by atoms with van der Waals surface area (Å²) in [4.78, 5) is -0.713. The summed E-state index contributed by atoms with van der Waals surface area (Å²) in [7, 11) is -4.35. The summed E-state index contributed by atoms with van der Waals surface area (Å²) < 4.78 is 68.6. The molecule has 9 heteroatoms. The van der Waals surface area contributed by atoms with Crippen molar-refractivity contribution in [3.63, 3.8) is 0 Å². The molecular formula is C13H14F3NO4S. The number of hydrogen-bond acceptors (Lipinski definition) is 4. The second kappa shape index (κ2) is 6.27. The second-order valence-corrected chi connectivity index (χ2v) is 6.31. The zero-order chi connectivity index (χ0) is 16.4. The van der Waals surface area contributed by atoms with Crippen molar-refractivity contribution < 1.29 is 31.1 Å². The normalized spacial score (nSPS) is 19.7. The maximum atomic E-state index is 12.3. The van der Waals surface area contributed by atoms with Crippen molar-refractivity contribution in [2.45, 2.75) is 17.7 Å².